The fourth-order valence-corrected chi connectivity index (χ4v) is 3.93. The van der Waals surface area contributed by atoms with Crippen molar-refractivity contribution in [2.75, 3.05) is 13.2 Å². The van der Waals surface area contributed by atoms with Crippen LogP contribution in [0, 0.1) is 0 Å². The van der Waals surface area contributed by atoms with Crippen LogP contribution in [0.25, 0.3) is 0 Å². The summed E-state index contributed by atoms with van der Waals surface area (Å²) in [6.07, 6.45) is -5.98. The number of benzene rings is 1. The van der Waals surface area contributed by atoms with E-state index in [0.717, 1.165) is 4.90 Å². The van der Waals surface area contributed by atoms with Crippen LogP contribution in [0.3, 0.4) is 0 Å². The monoisotopic (exact) mass is 500 g/mol. The topological polar surface area (TPSA) is 154 Å². The second-order valence-electron chi connectivity index (χ2n) is 8.32. The lowest BCUT2D eigenvalue weighted by atomic mass is 9.87. The standard InChI is InChI=1S/C22H27F3N4O6/c23-22(24,25)19(33)27-9-5-4-8-14-11-29(17-10-15(31)16(12-30)35-17)20(34)28-21(14,26)18(32)13-6-2-1-3-7-13/h1-3,6-7,11,15-17,30-31H,4-5,8-10,12,26H2,(H,27,33)(H,28,34)/t15-,16+,17+,21?/m0/s1. The minimum absolute atomic E-state index is 0.0100. The van der Waals surface area contributed by atoms with E-state index in [1.165, 1.54) is 18.3 Å². The lowest BCUT2D eigenvalue weighted by Gasteiger charge is -2.40. The number of hydrogen-bond acceptors (Lipinski definition) is 7. The van der Waals surface area contributed by atoms with Gasteiger partial charge in [0.05, 0.1) is 12.7 Å². The Morgan fingerprint density at radius 1 is 1.26 bits per heavy atom. The number of nitrogens with two attached hydrogens (primary N) is 1. The first kappa shape index (κ1) is 26.6. The second kappa shape index (κ2) is 10.7. The molecule has 2 aliphatic heterocycles. The molecule has 1 aromatic rings. The van der Waals surface area contributed by atoms with E-state index in [2.05, 4.69) is 5.32 Å². The number of Topliss-reactive ketones (excluding diaryl/α,β-unsaturated/α-hetero) is 1. The number of aliphatic hydroxyl groups is 2. The number of nitrogens with one attached hydrogen (secondary N) is 2. The Morgan fingerprint density at radius 3 is 2.54 bits per heavy atom. The number of ketones is 1. The van der Waals surface area contributed by atoms with E-state index in [9.17, 15) is 37.8 Å². The molecule has 4 atom stereocenters. The predicted molar refractivity (Wildman–Crippen MR) is 115 cm³/mol. The van der Waals surface area contributed by atoms with E-state index in [4.69, 9.17) is 10.5 Å². The highest BCUT2D eigenvalue weighted by molar-refractivity contribution is 6.07. The molecule has 1 fully saturated rings. The van der Waals surface area contributed by atoms with Gasteiger partial charge in [-0.05, 0) is 24.8 Å². The van der Waals surface area contributed by atoms with Gasteiger partial charge in [0.2, 0.25) is 5.78 Å². The van der Waals surface area contributed by atoms with Crippen LogP contribution in [0.15, 0.2) is 42.1 Å². The SMILES string of the molecule is NC1(C(=O)c2ccccc2)NC(=O)N([C@H]2C[C@H](O)[C@@H](CO)O2)C=C1CCCCNC(=O)C(F)(F)F. The fraction of sp³-hybridized carbons (Fsp3) is 0.500. The molecule has 2 heterocycles. The Hall–Kier alpha value is -3.00. The Labute approximate surface area is 198 Å². The zero-order chi connectivity index (χ0) is 25.8. The average Bonchev–Trinajstić information content (AvgIpc) is 3.19. The third-order valence-electron chi connectivity index (χ3n) is 5.84. The van der Waals surface area contributed by atoms with Crippen LogP contribution in [0.4, 0.5) is 18.0 Å². The summed E-state index contributed by atoms with van der Waals surface area (Å²) in [7, 11) is 0. The molecular formula is C22H27F3N4O6. The normalized spacial score (nSPS) is 26.8. The quantitative estimate of drug-likeness (QED) is 0.248. The van der Waals surface area contributed by atoms with Crippen molar-refractivity contribution in [1.29, 1.82) is 0 Å². The lowest BCUT2D eigenvalue weighted by molar-refractivity contribution is -0.173. The van der Waals surface area contributed by atoms with Gasteiger partial charge in [0, 0.05) is 24.7 Å². The van der Waals surface area contributed by atoms with E-state index in [0.29, 0.717) is 0 Å². The number of amides is 3. The number of urea groups is 1. The molecule has 1 saturated heterocycles. The maximum atomic E-state index is 13.3. The zero-order valence-electron chi connectivity index (χ0n) is 18.6. The molecule has 192 valence electrons. The van der Waals surface area contributed by atoms with E-state index < -0.39 is 54.6 Å². The Morgan fingerprint density at radius 2 is 1.94 bits per heavy atom. The Bertz CT molecular complexity index is 974. The summed E-state index contributed by atoms with van der Waals surface area (Å²) in [6, 6.07) is 7.26. The van der Waals surface area contributed by atoms with Crippen molar-refractivity contribution in [3.63, 3.8) is 0 Å². The van der Waals surface area contributed by atoms with Gasteiger partial charge in [-0.15, -0.1) is 0 Å². The van der Waals surface area contributed by atoms with Gasteiger partial charge < -0.3 is 25.6 Å². The number of alkyl halides is 3. The van der Waals surface area contributed by atoms with Gasteiger partial charge in [0.25, 0.3) is 0 Å². The summed E-state index contributed by atoms with van der Waals surface area (Å²) in [5.41, 5.74) is 4.97. The van der Waals surface area contributed by atoms with Crippen LogP contribution in [0.1, 0.15) is 36.0 Å². The largest absolute Gasteiger partial charge is 0.471 e. The van der Waals surface area contributed by atoms with Gasteiger partial charge in [0.15, 0.2) is 5.66 Å². The van der Waals surface area contributed by atoms with E-state index in [1.807, 2.05) is 0 Å². The maximum Gasteiger partial charge on any atom is 0.471 e. The first-order valence-corrected chi connectivity index (χ1v) is 11.0. The predicted octanol–water partition coefficient (Wildman–Crippen LogP) is 0.750. The van der Waals surface area contributed by atoms with E-state index >= 15 is 0 Å². The van der Waals surface area contributed by atoms with Gasteiger partial charge in [-0.1, -0.05) is 30.3 Å². The number of rotatable bonds is 9. The summed E-state index contributed by atoms with van der Waals surface area (Å²) in [4.78, 5) is 38.2. The summed E-state index contributed by atoms with van der Waals surface area (Å²) in [6.45, 7) is -0.706. The zero-order valence-corrected chi connectivity index (χ0v) is 18.6. The molecule has 13 heteroatoms. The van der Waals surface area contributed by atoms with Gasteiger partial charge in [0.1, 0.15) is 12.3 Å². The van der Waals surface area contributed by atoms with Crippen molar-refractivity contribution < 1.29 is 42.5 Å². The molecule has 1 unspecified atom stereocenters. The van der Waals surface area contributed by atoms with Crippen molar-refractivity contribution in [1.82, 2.24) is 15.5 Å². The number of ether oxygens (including phenoxy) is 1. The number of carbonyl (C=O) groups excluding carboxylic acids is 3. The number of halogens is 3. The van der Waals surface area contributed by atoms with E-state index in [1.54, 1.807) is 23.5 Å². The van der Waals surface area contributed by atoms with Crippen LogP contribution in [-0.2, 0) is 9.53 Å². The van der Waals surface area contributed by atoms with Crippen LogP contribution in [-0.4, -0.2) is 76.3 Å². The molecule has 0 spiro atoms. The highest BCUT2D eigenvalue weighted by Gasteiger charge is 2.47. The maximum absolute atomic E-state index is 13.3. The Kier molecular flexibility index (Phi) is 8.15. The number of carbonyl (C=O) groups is 3. The Balaban J connectivity index is 1.79. The minimum atomic E-state index is -4.98. The van der Waals surface area contributed by atoms with E-state index in [-0.39, 0.29) is 43.4 Å². The number of unbranched alkanes of at least 4 members (excludes halogenated alkanes) is 1. The summed E-state index contributed by atoms with van der Waals surface area (Å²) >= 11 is 0. The van der Waals surface area contributed by atoms with Crippen molar-refractivity contribution in [2.45, 2.75) is 56.0 Å². The molecule has 0 radical (unpaired) electrons. The molecule has 1 aromatic carbocycles. The van der Waals surface area contributed by atoms with Gasteiger partial charge in [-0.25, -0.2) is 4.79 Å². The van der Waals surface area contributed by atoms with Crippen molar-refractivity contribution in [3.8, 4) is 0 Å². The van der Waals surface area contributed by atoms with Crippen LogP contribution in [0.5, 0.6) is 0 Å². The van der Waals surface area contributed by atoms with Crippen LogP contribution >= 0.6 is 0 Å². The molecule has 3 amide bonds. The van der Waals surface area contributed by atoms with Gasteiger partial charge in [-0.3, -0.25) is 20.2 Å². The highest BCUT2D eigenvalue weighted by Crippen LogP contribution is 2.31. The van der Waals surface area contributed by atoms with Crippen molar-refractivity contribution in [2.24, 2.45) is 5.73 Å². The number of hydrogen-bond donors (Lipinski definition) is 5. The molecular weight excluding hydrogens is 473 g/mol. The lowest BCUT2D eigenvalue weighted by Crippen LogP contribution is -2.68. The highest BCUT2D eigenvalue weighted by atomic mass is 19.4. The average molecular weight is 500 g/mol. The smallest absolute Gasteiger partial charge is 0.394 e. The molecule has 0 aromatic heterocycles. The summed E-state index contributed by atoms with van der Waals surface area (Å²) in [5, 5.41) is 23.6. The van der Waals surface area contributed by atoms with Crippen molar-refractivity contribution >= 4 is 17.7 Å². The van der Waals surface area contributed by atoms with Gasteiger partial charge in [-0.2, -0.15) is 13.2 Å². The van der Waals surface area contributed by atoms with Crippen LogP contribution in [0.2, 0.25) is 0 Å². The molecule has 10 nitrogen and oxygen atoms in total. The van der Waals surface area contributed by atoms with Crippen molar-refractivity contribution in [3.05, 3.63) is 47.7 Å². The first-order chi connectivity index (χ1) is 16.5. The number of nitrogens with zero attached hydrogens (tertiary/aromatic N) is 1. The summed E-state index contributed by atoms with van der Waals surface area (Å²) < 4.78 is 42.6. The molecule has 0 saturated carbocycles. The molecule has 0 aliphatic carbocycles. The fourth-order valence-electron chi connectivity index (χ4n) is 3.93. The second-order valence-corrected chi connectivity index (χ2v) is 8.32. The third kappa shape index (κ3) is 5.99. The molecule has 0 bridgehead atoms. The molecule has 6 N–H and O–H groups in total. The van der Waals surface area contributed by atoms with Gasteiger partial charge >= 0.3 is 18.1 Å². The molecule has 35 heavy (non-hydrogen) atoms. The molecule has 3 rings (SSSR count). The summed E-state index contributed by atoms with van der Waals surface area (Å²) in [5.74, 6) is -2.64. The third-order valence-corrected chi connectivity index (χ3v) is 5.84. The first-order valence-electron chi connectivity index (χ1n) is 11.0. The number of aliphatic hydroxyl groups excluding tert-OH is 2. The molecule has 2 aliphatic rings. The van der Waals surface area contributed by atoms with Crippen LogP contribution < -0.4 is 16.4 Å². The minimum Gasteiger partial charge on any atom is -0.394 e.